The number of aromatic nitrogens is 2. The number of nitrogens with zero attached hydrogens (tertiary/aromatic N) is 5. The molecule has 0 fully saturated rings. The van der Waals surface area contributed by atoms with Crippen molar-refractivity contribution in [3.05, 3.63) is 94.6 Å². The van der Waals surface area contributed by atoms with Crippen LogP contribution < -0.4 is 0 Å². The lowest BCUT2D eigenvalue weighted by Crippen LogP contribution is -2.42. The Morgan fingerprint density at radius 1 is 1.03 bits per heavy atom. The molecule has 0 aliphatic carbocycles. The van der Waals surface area contributed by atoms with Crippen LogP contribution in [0, 0.1) is 11.6 Å². The molecule has 5 rings (SSSR count). The van der Waals surface area contributed by atoms with E-state index in [0.29, 0.717) is 25.3 Å². The molecule has 0 saturated carbocycles. The van der Waals surface area contributed by atoms with Gasteiger partial charge in [-0.1, -0.05) is 13.8 Å². The van der Waals surface area contributed by atoms with E-state index in [2.05, 4.69) is 23.8 Å². The normalized spacial score (nSPS) is 15.5. The fourth-order valence-electron chi connectivity index (χ4n) is 3.95. The lowest BCUT2D eigenvalue weighted by atomic mass is 10.1. The van der Waals surface area contributed by atoms with Gasteiger partial charge in [0.25, 0.3) is 0 Å². The number of fused-ring (bicyclic) bond motifs is 1. The molecule has 0 atom stereocenters. The van der Waals surface area contributed by atoms with Gasteiger partial charge in [-0.2, -0.15) is 0 Å². The van der Waals surface area contributed by atoms with Gasteiger partial charge in [0.2, 0.25) is 5.91 Å². The molecule has 0 saturated heterocycles. The van der Waals surface area contributed by atoms with Crippen LogP contribution in [-0.4, -0.2) is 46.4 Å². The molecule has 2 aliphatic rings. The van der Waals surface area contributed by atoms with Gasteiger partial charge in [-0.3, -0.25) is 7.91 Å². The smallest absolute Gasteiger partial charge is 0.243 e. The summed E-state index contributed by atoms with van der Waals surface area (Å²) in [6, 6.07) is 12.3. The van der Waals surface area contributed by atoms with Crippen molar-refractivity contribution in [2.75, 3.05) is 13.1 Å². The van der Waals surface area contributed by atoms with Crippen LogP contribution in [0.25, 0.3) is 0 Å². The molecule has 3 aromatic rings. The summed E-state index contributed by atoms with van der Waals surface area (Å²) in [6.45, 7) is 5.39. The van der Waals surface area contributed by atoms with E-state index in [1.807, 2.05) is 14.2 Å². The van der Waals surface area contributed by atoms with E-state index >= 15 is 0 Å². The first-order valence-electron chi connectivity index (χ1n) is 11.4. The summed E-state index contributed by atoms with van der Waals surface area (Å²) in [5.74, 6) is 1.09. The third kappa shape index (κ3) is 5.14. The van der Waals surface area contributed by atoms with Crippen molar-refractivity contribution >= 4 is 36.4 Å². The number of aliphatic imine (C=N–C) groups is 1. The molecule has 35 heavy (non-hydrogen) atoms. The highest BCUT2D eigenvalue weighted by Gasteiger charge is 2.28. The molecule has 0 N–H and O–H groups in total. The zero-order valence-electron chi connectivity index (χ0n) is 19.4. The van der Waals surface area contributed by atoms with Gasteiger partial charge in [0.1, 0.15) is 33.5 Å². The largest absolute Gasteiger partial charge is 0.336 e. The average Bonchev–Trinajstić information content (AvgIpc) is 3.27. The Morgan fingerprint density at radius 3 is 2.34 bits per heavy atom. The summed E-state index contributed by atoms with van der Waals surface area (Å²) in [4.78, 5) is 29.1. The number of amides is 1. The minimum atomic E-state index is -0.816. The molecule has 1 amide bonds. The third-order valence-corrected chi connectivity index (χ3v) is 8.60. The Hall–Kier alpha value is -3.08. The second-order valence-corrected chi connectivity index (χ2v) is 11.4. The summed E-state index contributed by atoms with van der Waals surface area (Å²) < 4.78 is 29.8. The maximum absolute atomic E-state index is 13.5. The van der Waals surface area contributed by atoms with Crippen LogP contribution >= 0.6 is 21.0 Å². The van der Waals surface area contributed by atoms with E-state index in [4.69, 9.17) is 4.99 Å². The number of rotatable bonds is 5. The Bertz CT molecular complexity index is 1320. The van der Waals surface area contributed by atoms with Crippen LogP contribution in [0.2, 0.25) is 0 Å². The number of hydrogen-bond donors (Lipinski definition) is 0. The minimum absolute atomic E-state index is 0.00143. The second-order valence-electron chi connectivity index (χ2n) is 8.76. The van der Waals surface area contributed by atoms with E-state index < -0.39 is 21.0 Å². The Balaban J connectivity index is 1.37. The molecule has 0 bridgehead atoms. The highest BCUT2D eigenvalue weighted by atomic mass is 127. The van der Waals surface area contributed by atoms with Crippen LogP contribution in [0.3, 0.4) is 0 Å². The molecule has 9 heteroatoms. The number of benzene rings is 2. The fraction of sp³-hybridized carbons (Fsp3) is 0.269. The molecule has 0 spiro atoms. The fourth-order valence-corrected chi connectivity index (χ4v) is 6.56. The first kappa shape index (κ1) is 23.7. The quantitative estimate of drug-likeness (QED) is 0.324. The first-order chi connectivity index (χ1) is 16.9. The van der Waals surface area contributed by atoms with Gasteiger partial charge in [0.05, 0.1) is 5.69 Å². The van der Waals surface area contributed by atoms with Crippen molar-refractivity contribution in [1.29, 1.82) is 0 Å². The van der Waals surface area contributed by atoms with Gasteiger partial charge in [0.15, 0.2) is 0 Å². The SMILES string of the molecule is CC(C)c1ncc2c(n1)CCN(C(=O)CN1I=C(c3ccc(F)cc3)N=C1c1ccc(F)cc1)C2. The van der Waals surface area contributed by atoms with Crippen LogP contribution in [0.1, 0.15) is 48.0 Å². The zero-order chi connectivity index (χ0) is 24.5. The number of hydrogen-bond acceptors (Lipinski definition) is 5. The molecule has 2 aromatic carbocycles. The zero-order valence-corrected chi connectivity index (χ0v) is 21.5. The topological polar surface area (TPSA) is 61.7 Å². The number of carbonyl (C=O) groups is 1. The minimum Gasteiger partial charge on any atom is -0.336 e. The van der Waals surface area contributed by atoms with Gasteiger partial charge >= 0.3 is 0 Å². The van der Waals surface area contributed by atoms with Crippen LogP contribution in [0.4, 0.5) is 8.78 Å². The van der Waals surface area contributed by atoms with Gasteiger partial charge < -0.3 is 4.90 Å². The highest BCUT2D eigenvalue weighted by Crippen LogP contribution is 2.28. The molecule has 6 nitrogen and oxygen atoms in total. The number of carbonyl (C=O) groups excluding carboxylic acids is 1. The van der Waals surface area contributed by atoms with Crippen LogP contribution in [-0.2, 0) is 17.8 Å². The lowest BCUT2D eigenvalue weighted by Gasteiger charge is -2.30. The van der Waals surface area contributed by atoms with Crippen molar-refractivity contribution in [1.82, 2.24) is 18.0 Å². The molecule has 1 aromatic heterocycles. The Morgan fingerprint density at radius 2 is 1.69 bits per heavy atom. The molecule has 3 heterocycles. The molecule has 0 unspecified atom stereocenters. The molecular formula is C26H24F2IN5O. The standard InChI is InChI=1S/C26H24F2IN5O/c1-16(2)25-30-13-19-14-33(12-11-22(19)31-25)23(35)15-34-26(18-5-9-21(28)10-6-18)32-24(29-34)17-3-7-20(27)8-4-17/h3-10,13,16H,11-12,14-15H2,1-2H3. The predicted molar refractivity (Wildman–Crippen MR) is 139 cm³/mol. The van der Waals surface area contributed by atoms with Gasteiger partial charge in [-0.15, -0.1) is 0 Å². The first-order valence-corrected chi connectivity index (χ1v) is 13.4. The Kier molecular flexibility index (Phi) is 6.68. The van der Waals surface area contributed by atoms with E-state index in [9.17, 15) is 13.6 Å². The van der Waals surface area contributed by atoms with Gasteiger partial charge in [-0.25, -0.2) is 23.7 Å². The summed E-state index contributed by atoms with van der Waals surface area (Å²) in [5, 5.41) is 0. The summed E-state index contributed by atoms with van der Waals surface area (Å²) in [5.41, 5.74) is 3.58. The summed E-state index contributed by atoms with van der Waals surface area (Å²) in [7, 11) is 0. The van der Waals surface area contributed by atoms with Crippen molar-refractivity contribution in [2.24, 2.45) is 4.99 Å². The van der Waals surface area contributed by atoms with Crippen molar-refractivity contribution in [2.45, 2.75) is 32.7 Å². The van der Waals surface area contributed by atoms with E-state index in [1.54, 1.807) is 24.3 Å². The van der Waals surface area contributed by atoms with Gasteiger partial charge in [0, 0.05) is 69.3 Å². The van der Waals surface area contributed by atoms with Crippen LogP contribution in [0.5, 0.6) is 0 Å². The van der Waals surface area contributed by atoms with Crippen molar-refractivity contribution in [3.8, 4) is 0 Å². The maximum atomic E-state index is 13.5. The maximum Gasteiger partial charge on any atom is 0.243 e. The lowest BCUT2D eigenvalue weighted by molar-refractivity contribution is -0.131. The third-order valence-electron chi connectivity index (χ3n) is 5.90. The van der Waals surface area contributed by atoms with E-state index in [1.165, 1.54) is 24.3 Å². The molecular weight excluding hydrogens is 563 g/mol. The van der Waals surface area contributed by atoms with Crippen molar-refractivity contribution < 1.29 is 13.6 Å². The molecule has 180 valence electrons. The predicted octanol–water partition coefficient (Wildman–Crippen LogP) is 4.59. The van der Waals surface area contributed by atoms with Crippen LogP contribution in [0.15, 0.2) is 59.7 Å². The van der Waals surface area contributed by atoms with Gasteiger partial charge in [-0.05, 0) is 48.5 Å². The van der Waals surface area contributed by atoms with E-state index in [-0.39, 0.29) is 30.0 Å². The van der Waals surface area contributed by atoms with Crippen molar-refractivity contribution in [3.63, 3.8) is 0 Å². The number of amidine groups is 1. The average molecular weight is 587 g/mol. The molecule has 0 radical (unpaired) electrons. The van der Waals surface area contributed by atoms with E-state index in [0.717, 1.165) is 31.8 Å². The number of halogens is 3. The summed E-state index contributed by atoms with van der Waals surface area (Å²) >= 11 is -0.816. The molecule has 2 aliphatic heterocycles. The summed E-state index contributed by atoms with van der Waals surface area (Å²) in [6.07, 6.45) is 2.54. The Labute approximate surface area is 212 Å². The second kappa shape index (κ2) is 9.88. The monoisotopic (exact) mass is 587 g/mol. The highest BCUT2D eigenvalue weighted by molar-refractivity contribution is 14.2.